The van der Waals surface area contributed by atoms with Crippen molar-refractivity contribution >= 4 is 5.69 Å². The fourth-order valence-electron chi connectivity index (χ4n) is 1.28. The van der Waals surface area contributed by atoms with Crippen LogP contribution in [0.2, 0.25) is 0 Å². The number of rotatable bonds is 1. The van der Waals surface area contributed by atoms with Gasteiger partial charge in [-0.2, -0.15) is 0 Å². The van der Waals surface area contributed by atoms with Gasteiger partial charge in [-0.25, -0.2) is 0 Å². The highest BCUT2D eigenvalue weighted by Gasteiger charge is 2.12. The van der Waals surface area contributed by atoms with Crippen molar-refractivity contribution in [1.82, 2.24) is 0 Å². The van der Waals surface area contributed by atoms with Gasteiger partial charge in [0.15, 0.2) is 6.73 Å². The molecule has 0 saturated heterocycles. The van der Waals surface area contributed by atoms with Gasteiger partial charge in [-0.15, -0.1) is 0 Å². The Labute approximate surface area is 72.1 Å². The summed E-state index contributed by atoms with van der Waals surface area (Å²) in [6.07, 6.45) is 1.78. The summed E-state index contributed by atoms with van der Waals surface area (Å²) in [7, 11) is 0. The van der Waals surface area contributed by atoms with E-state index in [-0.39, 0.29) is 0 Å². The van der Waals surface area contributed by atoms with Crippen molar-refractivity contribution in [3.05, 3.63) is 42.3 Å². The largest absolute Gasteiger partial charge is 0.479 e. The van der Waals surface area contributed by atoms with Crippen LogP contribution in [0.1, 0.15) is 6.92 Å². The molecule has 1 aromatic carbocycles. The van der Waals surface area contributed by atoms with Gasteiger partial charge in [-0.3, -0.25) is 0 Å². The smallest absolute Gasteiger partial charge is 0.164 e. The summed E-state index contributed by atoms with van der Waals surface area (Å²) in [6.45, 7) is 2.68. The fourth-order valence-corrected chi connectivity index (χ4v) is 1.28. The molecule has 1 aliphatic rings. The topological polar surface area (TPSA) is 12.5 Å². The minimum atomic E-state index is 0.635. The summed E-state index contributed by atoms with van der Waals surface area (Å²) in [4.78, 5) is 2.12. The molecule has 0 atom stereocenters. The molecule has 12 heavy (non-hydrogen) atoms. The van der Waals surface area contributed by atoms with Crippen LogP contribution in [0.15, 0.2) is 42.3 Å². The summed E-state index contributed by atoms with van der Waals surface area (Å²) < 4.78 is 5.19. The molecule has 0 fully saturated rings. The number of hydrogen-bond acceptors (Lipinski definition) is 2. The quantitative estimate of drug-likeness (QED) is 0.626. The first kappa shape index (κ1) is 7.22. The van der Waals surface area contributed by atoms with Crippen LogP contribution in [0, 0.1) is 0 Å². The van der Waals surface area contributed by atoms with Gasteiger partial charge in [-0.1, -0.05) is 18.2 Å². The van der Waals surface area contributed by atoms with Crippen LogP contribution in [0.25, 0.3) is 0 Å². The van der Waals surface area contributed by atoms with Gasteiger partial charge in [0.2, 0.25) is 0 Å². The summed E-state index contributed by atoms with van der Waals surface area (Å²) in [5, 5.41) is 0. The number of allylic oxidation sites excluding steroid dienone is 1. The molecule has 0 amide bonds. The Hall–Kier alpha value is -1.44. The lowest BCUT2D eigenvalue weighted by Crippen LogP contribution is -2.16. The molecule has 0 aromatic heterocycles. The second-order valence-electron chi connectivity index (χ2n) is 2.82. The number of benzene rings is 1. The van der Waals surface area contributed by atoms with Crippen LogP contribution in [-0.4, -0.2) is 6.73 Å². The second kappa shape index (κ2) is 2.89. The third-order valence-electron chi connectivity index (χ3n) is 1.95. The molecule has 0 radical (unpaired) electrons. The maximum atomic E-state index is 5.19. The lowest BCUT2D eigenvalue weighted by atomic mass is 10.3. The Kier molecular flexibility index (Phi) is 1.74. The van der Waals surface area contributed by atoms with E-state index >= 15 is 0 Å². The molecule has 2 heteroatoms. The molecule has 0 N–H and O–H groups in total. The molecule has 1 aromatic rings. The summed E-state index contributed by atoms with van der Waals surface area (Å²) in [5.41, 5.74) is 2.34. The molecular formula is C10H11NO. The molecular weight excluding hydrogens is 150 g/mol. The predicted molar refractivity (Wildman–Crippen MR) is 48.6 cm³/mol. The number of ether oxygens (including phenoxy) is 1. The molecule has 2 nitrogen and oxygen atoms in total. The highest BCUT2D eigenvalue weighted by Crippen LogP contribution is 2.21. The highest BCUT2D eigenvalue weighted by molar-refractivity contribution is 5.51. The standard InChI is InChI=1S/C10H11NO/c1-9-7-12-8-11(9)10-5-3-2-4-6-10/h2-7H,8H2,1H3. The minimum absolute atomic E-state index is 0.635. The Morgan fingerprint density at radius 1 is 1.25 bits per heavy atom. The number of para-hydroxylation sites is 1. The van der Waals surface area contributed by atoms with Crippen molar-refractivity contribution in [1.29, 1.82) is 0 Å². The molecule has 62 valence electrons. The SMILES string of the molecule is CC1=COCN1c1ccccc1. The van der Waals surface area contributed by atoms with Crippen molar-refractivity contribution in [3.8, 4) is 0 Å². The van der Waals surface area contributed by atoms with Crippen molar-refractivity contribution in [3.63, 3.8) is 0 Å². The van der Waals surface area contributed by atoms with Gasteiger partial charge in [0.25, 0.3) is 0 Å². The predicted octanol–water partition coefficient (Wildman–Crippen LogP) is 2.34. The Balaban J connectivity index is 2.27. The van der Waals surface area contributed by atoms with Crippen LogP contribution >= 0.6 is 0 Å². The van der Waals surface area contributed by atoms with E-state index in [0.29, 0.717) is 6.73 Å². The monoisotopic (exact) mass is 161 g/mol. The van der Waals surface area contributed by atoms with Crippen LogP contribution in [-0.2, 0) is 4.74 Å². The van der Waals surface area contributed by atoms with E-state index < -0.39 is 0 Å². The molecule has 0 spiro atoms. The molecule has 1 heterocycles. The first-order chi connectivity index (χ1) is 5.88. The number of anilines is 1. The van der Waals surface area contributed by atoms with Crippen LogP contribution in [0.5, 0.6) is 0 Å². The third-order valence-corrected chi connectivity index (χ3v) is 1.95. The Morgan fingerprint density at radius 2 is 2.00 bits per heavy atom. The summed E-state index contributed by atoms with van der Waals surface area (Å²) >= 11 is 0. The fraction of sp³-hybridized carbons (Fsp3) is 0.200. The zero-order valence-corrected chi connectivity index (χ0v) is 7.03. The zero-order chi connectivity index (χ0) is 8.39. The molecule has 0 aliphatic carbocycles. The van der Waals surface area contributed by atoms with Crippen molar-refractivity contribution in [2.45, 2.75) is 6.92 Å². The van der Waals surface area contributed by atoms with Gasteiger partial charge in [0, 0.05) is 5.69 Å². The van der Waals surface area contributed by atoms with E-state index in [9.17, 15) is 0 Å². The van der Waals surface area contributed by atoms with E-state index in [1.165, 1.54) is 5.69 Å². The lowest BCUT2D eigenvalue weighted by Gasteiger charge is -2.16. The average Bonchev–Trinajstić information content (AvgIpc) is 2.53. The number of nitrogens with zero attached hydrogens (tertiary/aromatic N) is 1. The van der Waals surface area contributed by atoms with E-state index in [0.717, 1.165) is 5.70 Å². The first-order valence-electron chi connectivity index (χ1n) is 3.99. The van der Waals surface area contributed by atoms with Gasteiger partial charge >= 0.3 is 0 Å². The molecule has 1 aliphatic heterocycles. The molecule has 0 unspecified atom stereocenters. The van der Waals surface area contributed by atoms with Crippen LogP contribution in [0.4, 0.5) is 5.69 Å². The normalized spacial score (nSPS) is 15.8. The van der Waals surface area contributed by atoms with E-state index in [2.05, 4.69) is 17.0 Å². The Morgan fingerprint density at radius 3 is 2.58 bits per heavy atom. The van der Waals surface area contributed by atoms with E-state index in [1.54, 1.807) is 6.26 Å². The van der Waals surface area contributed by atoms with Gasteiger partial charge < -0.3 is 9.64 Å². The minimum Gasteiger partial charge on any atom is -0.479 e. The first-order valence-corrected chi connectivity index (χ1v) is 3.99. The zero-order valence-electron chi connectivity index (χ0n) is 7.03. The molecule has 0 bridgehead atoms. The molecule has 0 saturated carbocycles. The number of hydrogen-bond donors (Lipinski definition) is 0. The molecule has 2 rings (SSSR count). The average molecular weight is 161 g/mol. The van der Waals surface area contributed by atoms with Crippen LogP contribution < -0.4 is 4.90 Å². The van der Waals surface area contributed by atoms with E-state index in [1.807, 2.05) is 25.1 Å². The lowest BCUT2D eigenvalue weighted by molar-refractivity contribution is 0.282. The summed E-state index contributed by atoms with van der Waals surface area (Å²) in [5.74, 6) is 0. The third kappa shape index (κ3) is 1.16. The highest BCUT2D eigenvalue weighted by atomic mass is 16.5. The maximum Gasteiger partial charge on any atom is 0.164 e. The van der Waals surface area contributed by atoms with Crippen molar-refractivity contribution in [2.24, 2.45) is 0 Å². The maximum absolute atomic E-state index is 5.19. The van der Waals surface area contributed by atoms with E-state index in [4.69, 9.17) is 4.74 Å². The summed E-state index contributed by atoms with van der Waals surface area (Å²) in [6, 6.07) is 10.2. The van der Waals surface area contributed by atoms with Crippen molar-refractivity contribution in [2.75, 3.05) is 11.6 Å². The van der Waals surface area contributed by atoms with Gasteiger partial charge in [0.05, 0.1) is 5.70 Å². The van der Waals surface area contributed by atoms with Gasteiger partial charge in [0.1, 0.15) is 6.26 Å². The van der Waals surface area contributed by atoms with Crippen molar-refractivity contribution < 1.29 is 4.74 Å². The second-order valence-corrected chi connectivity index (χ2v) is 2.82. The van der Waals surface area contributed by atoms with Gasteiger partial charge in [-0.05, 0) is 19.1 Å². The van der Waals surface area contributed by atoms with Crippen LogP contribution in [0.3, 0.4) is 0 Å². The Bertz CT molecular complexity index is 292.